The summed E-state index contributed by atoms with van der Waals surface area (Å²) < 4.78 is 5.71. The summed E-state index contributed by atoms with van der Waals surface area (Å²) >= 11 is 0. The van der Waals surface area contributed by atoms with Crippen molar-refractivity contribution in [3.05, 3.63) is 53.7 Å². The Bertz CT molecular complexity index is 1070. The van der Waals surface area contributed by atoms with Crippen molar-refractivity contribution in [1.29, 1.82) is 0 Å². The molecule has 2 fully saturated rings. The smallest absolute Gasteiger partial charge is 0.248 e. The van der Waals surface area contributed by atoms with E-state index in [0.717, 1.165) is 52.9 Å². The molecule has 6 heteroatoms. The van der Waals surface area contributed by atoms with Crippen LogP contribution >= 0.6 is 0 Å². The van der Waals surface area contributed by atoms with Gasteiger partial charge in [0, 0.05) is 22.9 Å². The van der Waals surface area contributed by atoms with E-state index < -0.39 is 5.91 Å². The highest BCUT2D eigenvalue weighted by Gasteiger charge is 2.40. The number of primary amides is 1. The molecule has 0 radical (unpaired) electrons. The zero-order valence-electron chi connectivity index (χ0n) is 15.1. The molecule has 1 aromatic heterocycles. The first-order valence-corrected chi connectivity index (χ1v) is 9.14. The van der Waals surface area contributed by atoms with Crippen molar-refractivity contribution in [2.75, 3.05) is 18.1 Å². The second kappa shape index (κ2) is 6.03. The Kier molecular flexibility index (Phi) is 3.62. The van der Waals surface area contributed by atoms with Crippen molar-refractivity contribution in [3.8, 4) is 11.1 Å². The predicted octanol–water partition coefficient (Wildman–Crippen LogP) is 2.68. The quantitative estimate of drug-likeness (QED) is 0.777. The molecule has 2 atom stereocenters. The van der Waals surface area contributed by atoms with Crippen LogP contribution in [0.2, 0.25) is 0 Å². The van der Waals surface area contributed by atoms with Crippen LogP contribution in [0.3, 0.4) is 0 Å². The number of ether oxygens (including phenoxy) is 1. The molecular weight excluding hydrogens is 340 g/mol. The summed E-state index contributed by atoms with van der Waals surface area (Å²) in [7, 11) is 0. The number of hydrogen-bond donors (Lipinski definition) is 1. The average molecular weight is 360 g/mol. The maximum Gasteiger partial charge on any atom is 0.248 e. The first-order chi connectivity index (χ1) is 13.1. The molecule has 2 aliphatic rings. The van der Waals surface area contributed by atoms with Gasteiger partial charge in [0.15, 0.2) is 5.82 Å². The molecule has 0 aliphatic carbocycles. The van der Waals surface area contributed by atoms with Gasteiger partial charge in [0.25, 0.3) is 0 Å². The summed E-state index contributed by atoms with van der Waals surface area (Å²) in [6, 6.07) is 12.2. The number of morpholine rings is 1. The van der Waals surface area contributed by atoms with E-state index in [1.54, 1.807) is 12.3 Å². The molecule has 0 unspecified atom stereocenters. The molecule has 2 saturated heterocycles. The molecule has 2 N–H and O–H groups in total. The molecular formula is C21H20N4O2. The third-order valence-corrected chi connectivity index (χ3v) is 5.65. The number of nitrogens with zero attached hydrogens (tertiary/aromatic N) is 3. The number of nitrogens with two attached hydrogens (primary N) is 1. The van der Waals surface area contributed by atoms with E-state index in [1.165, 1.54) is 0 Å². The summed E-state index contributed by atoms with van der Waals surface area (Å²) in [4.78, 5) is 13.9. The highest BCUT2D eigenvalue weighted by molar-refractivity contribution is 5.97. The zero-order chi connectivity index (χ0) is 18.5. The zero-order valence-corrected chi connectivity index (χ0v) is 15.1. The number of carbonyl (C=O) groups is 1. The van der Waals surface area contributed by atoms with Crippen LogP contribution in [-0.4, -0.2) is 41.4 Å². The van der Waals surface area contributed by atoms with Crippen molar-refractivity contribution >= 4 is 22.5 Å². The van der Waals surface area contributed by atoms with Crippen molar-refractivity contribution < 1.29 is 9.53 Å². The van der Waals surface area contributed by atoms with Gasteiger partial charge in [-0.05, 0) is 54.3 Å². The van der Waals surface area contributed by atoms with Crippen LogP contribution in [0.25, 0.3) is 21.9 Å². The van der Waals surface area contributed by atoms with Crippen molar-refractivity contribution in [2.45, 2.75) is 25.5 Å². The third kappa shape index (κ3) is 2.64. The fourth-order valence-electron chi connectivity index (χ4n) is 4.20. The van der Waals surface area contributed by atoms with Crippen LogP contribution in [0.5, 0.6) is 0 Å². The molecule has 0 spiro atoms. The molecule has 27 heavy (non-hydrogen) atoms. The standard InChI is InChI=1S/C21H20N4O2/c1-12-2-3-14(20(22)26)7-19(12)13-4-5-18-15(6-13)9-23-24-21(18)25-10-17-8-16(25)11-27-17/h2-7,9,16-17H,8,10-11H2,1H3,(H2,22,26)/t16-,17-/m0/s1. The summed E-state index contributed by atoms with van der Waals surface area (Å²) in [5.41, 5.74) is 9.09. The van der Waals surface area contributed by atoms with Crippen LogP contribution in [0.15, 0.2) is 42.6 Å². The number of fused-ring (bicyclic) bond motifs is 3. The van der Waals surface area contributed by atoms with Gasteiger partial charge in [0.05, 0.1) is 24.9 Å². The second-order valence-corrected chi connectivity index (χ2v) is 7.36. The van der Waals surface area contributed by atoms with Crippen molar-refractivity contribution in [3.63, 3.8) is 0 Å². The fraction of sp³-hybridized carbons (Fsp3) is 0.286. The van der Waals surface area contributed by atoms with E-state index in [0.29, 0.717) is 17.7 Å². The first-order valence-electron chi connectivity index (χ1n) is 9.14. The number of rotatable bonds is 3. The van der Waals surface area contributed by atoms with E-state index >= 15 is 0 Å². The second-order valence-electron chi connectivity index (χ2n) is 7.36. The van der Waals surface area contributed by atoms with Crippen LogP contribution in [0, 0.1) is 6.92 Å². The minimum Gasteiger partial charge on any atom is -0.374 e. The van der Waals surface area contributed by atoms with Crippen LogP contribution in [0.1, 0.15) is 22.3 Å². The van der Waals surface area contributed by atoms with Crippen LogP contribution in [0.4, 0.5) is 5.82 Å². The van der Waals surface area contributed by atoms with E-state index in [9.17, 15) is 4.79 Å². The van der Waals surface area contributed by atoms with E-state index in [2.05, 4.69) is 33.3 Å². The number of hydrogen-bond acceptors (Lipinski definition) is 5. The van der Waals surface area contributed by atoms with E-state index in [-0.39, 0.29) is 0 Å². The number of carbonyl (C=O) groups excluding carboxylic acids is 1. The normalized spacial score (nSPS) is 21.1. The fourth-order valence-corrected chi connectivity index (χ4v) is 4.20. The van der Waals surface area contributed by atoms with Gasteiger partial charge in [0.1, 0.15) is 0 Å². The number of amides is 1. The first kappa shape index (κ1) is 16.2. The molecule has 2 bridgehead atoms. The highest BCUT2D eigenvalue weighted by Crippen LogP contribution is 2.36. The summed E-state index contributed by atoms with van der Waals surface area (Å²) in [6.45, 7) is 3.67. The van der Waals surface area contributed by atoms with Gasteiger partial charge < -0.3 is 15.4 Å². The lowest BCUT2D eigenvalue weighted by Crippen LogP contribution is -2.37. The lowest BCUT2D eigenvalue weighted by atomic mass is 9.96. The Balaban J connectivity index is 1.59. The van der Waals surface area contributed by atoms with Gasteiger partial charge in [-0.25, -0.2) is 0 Å². The molecule has 0 saturated carbocycles. The van der Waals surface area contributed by atoms with Gasteiger partial charge in [-0.15, -0.1) is 5.10 Å². The average Bonchev–Trinajstić information content (AvgIpc) is 3.30. The number of aryl methyl sites for hydroxylation is 1. The number of anilines is 1. The minimum atomic E-state index is -0.420. The number of aromatic nitrogens is 2. The molecule has 6 nitrogen and oxygen atoms in total. The monoisotopic (exact) mass is 360 g/mol. The Morgan fingerprint density at radius 2 is 2.15 bits per heavy atom. The topological polar surface area (TPSA) is 81.3 Å². The van der Waals surface area contributed by atoms with Crippen molar-refractivity contribution in [1.82, 2.24) is 10.2 Å². The van der Waals surface area contributed by atoms with Gasteiger partial charge in [-0.3, -0.25) is 4.79 Å². The highest BCUT2D eigenvalue weighted by atomic mass is 16.5. The Labute approximate surface area is 156 Å². The summed E-state index contributed by atoms with van der Waals surface area (Å²) in [6.07, 6.45) is 3.17. The minimum absolute atomic E-state index is 0.311. The lowest BCUT2D eigenvalue weighted by molar-refractivity contribution is 0.0988. The Hall–Kier alpha value is -2.99. The SMILES string of the molecule is Cc1ccc(C(N)=O)cc1-c1ccc2c(N3C[C@@H]4C[C@H]3CO4)nncc2c1. The van der Waals surface area contributed by atoms with E-state index in [1.807, 2.05) is 19.1 Å². The molecule has 3 aromatic rings. The maximum absolute atomic E-state index is 11.6. The van der Waals surface area contributed by atoms with Gasteiger partial charge in [0.2, 0.25) is 5.91 Å². The molecule has 2 aromatic carbocycles. The molecule has 3 heterocycles. The molecule has 5 rings (SSSR count). The van der Waals surface area contributed by atoms with Gasteiger partial charge in [-0.2, -0.15) is 5.10 Å². The van der Waals surface area contributed by atoms with Crippen molar-refractivity contribution in [2.24, 2.45) is 5.73 Å². The Morgan fingerprint density at radius 3 is 2.89 bits per heavy atom. The molecule has 136 valence electrons. The third-order valence-electron chi connectivity index (χ3n) is 5.65. The largest absolute Gasteiger partial charge is 0.374 e. The molecule has 1 amide bonds. The lowest BCUT2D eigenvalue weighted by Gasteiger charge is -2.28. The maximum atomic E-state index is 11.6. The Morgan fingerprint density at radius 1 is 1.26 bits per heavy atom. The predicted molar refractivity (Wildman–Crippen MR) is 104 cm³/mol. The van der Waals surface area contributed by atoms with Crippen LogP contribution in [-0.2, 0) is 4.74 Å². The molecule has 2 aliphatic heterocycles. The van der Waals surface area contributed by atoms with Gasteiger partial charge >= 0.3 is 0 Å². The van der Waals surface area contributed by atoms with E-state index in [4.69, 9.17) is 10.5 Å². The summed E-state index contributed by atoms with van der Waals surface area (Å²) in [5.74, 6) is 0.508. The van der Waals surface area contributed by atoms with Gasteiger partial charge in [-0.1, -0.05) is 12.1 Å². The number of benzene rings is 2. The van der Waals surface area contributed by atoms with Crippen LogP contribution < -0.4 is 10.6 Å². The summed E-state index contributed by atoms with van der Waals surface area (Å²) in [5, 5.41) is 10.8.